The van der Waals surface area contributed by atoms with Gasteiger partial charge in [-0.1, -0.05) is 12.1 Å². The van der Waals surface area contributed by atoms with E-state index >= 15 is 0 Å². The molecule has 88 valence electrons. The highest BCUT2D eigenvalue weighted by Crippen LogP contribution is 2.21. The zero-order valence-corrected chi connectivity index (χ0v) is 10.6. The van der Waals surface area contributed by atoms with E-state index in [0.29, 0.717) is 11.2 Å². The zero-order valence-electron chi connectivity index (χ0n) is 9.77. The Morgan fingerprint density at radius 2 is 2.00 bits per heavy atom. The number of rotatable bonds is 2. The van der Waals surface area contributed by atoms with Crippen LogP contribution in [0.1, 0.15) is 13.8 Å². The van der Waals surface area contributed by atoms with E-state index in [-0.39, 0.29) is 0 Å². The number of fused-ring (bicyclic) bond motifs is 1. The molecule has 1 aromatic heterocycles. The molecule has 2 rings (SSSR count). The van der Waals surface area contributed by atoms with Gasteiger partial charge in [0.05, 0.1) is 12.4 Å². The van der Waals surface area contributed by atoms with E-state index in [1.54, 1.807) is 12.4 Å². The fourth-order valence-corrected chi connectivity index (χ4v) is 1.90. The molecular weight excluding hydrogens is 232 g/mol. The summed E-state index contributed by atoms with van der Waals surface area (Å²) in [5.41, 5.74) is 0.940. The summed E-state index contributed by atoms with van der Waals surface area (Å²) in [6.45, 7) is 4.09. The second-order valence-corrected chi connectivity index (χ2v) is 4.46. The van der Waals surface area contributed by atoms with Crippen molar-refractivity contribution in [2.75, 3.05) is 5.32 Å². The first-order valence-electron chi connectivity index (χ1n) is 5.44. The number of nitrogens with one attached hydrogen (secondary N) is 2. The largest absolute Gasteiger partial charge is 0.360 e. The van der Waals surface area contributed by atoms with E-state index in [1.807, 2.05) is 32.0 Å². The van der Waals surface area contributed by atoms with Crippen molar-refractivity contribution < 1.29 is 0 Å². The quantitative estimate of drug-likeness (QED) is 0.796. The van der Waals surface area contributed by atoms with Crippen molar-refractivity contribution in [3.63, 3.8) is 0 Å². The minimum Gasteiger partial charge on any atom is -0.360 e. The van der Waals surface area contributed by atoms with Gasteiger partial charge in [-0.05, 0) is 32.1 Å². The Hall–Kier alpha value is -1.75. The number of anilines is 1. The molecule has 1 heterocycles. The zero-order chi connectivity index (χ0) is 12.3. The van der Waals surface area contributed by atoms with Crippen LogP contribution in [0.4, 0.5) is 5.69 Å². The molecule has 0 spiro atoms. The maximum absolute atomic E-state index is 5.22. The van der Waals surface area contributed by atoms with Crippen LogP contribution in [0.15, 0.2) is 30.6 Å². The Balaban J connectivity index is 2.27. The smallest absolute Gasteiger partial charge is 0.170 e. The molecule has 0 saturated heterocycles. The molecular formula is C12H14N4S. The highest BCUT2D eigenvalue weighted by Gasteiger charge is 2.03. The third-order valence-corrected chi connectivity index (χ3v) is 2.48. The van der Waals surface area contributed by atoms with Crippen LogP contribution < -0.4 is 10.6 Å². The summed E-state index contributed by atoms with van der Waals surface area (Å²) in [5.74, 6) is 0. The molecule has 17 heavy (non-hydrogen) atoms. The van der Waals surface area contributed by atoms with Gasteiger partial charge in [-0.2, -0.15) is 10.2 Å². The van der Waals surface area contributed by atoms with E-state index in [9.17, 15) is 0 Å². The van der Waals surface area contributed by atoms with E-state index in [2.05, 4.69) is 20.8 Å². The average Bonchev–Trinajstić information content (AvgIpc) is 2.28. The topological polar surface area (TPSA) is 49.8 Å². The lowest BCUT2D eigenvalue weighted by atomic mass is 10.2. The SMILES string of the molecule is CC(C)NC(=S)Nc1cccc2cnncc12. The molecule has 4 nitrogen and oxygen atoms in total. The first-order valence-corrected chi connectivity index (χ1v) is 5.84. The van der Waals surface area contributed by atoms with Gasteiger partial charge >= 0.3 is 0 Å². The van der Waals surface area contributed by atoms with Gasteiger partial charge in [0.25, 0.3) is 0 Å². The van der Waals surface area contributed by atoms with Crippen molar-refractivity contribution in [3.8, 4) is 0 Å². The molecule has 2 N–H and O–H groups in total. The maximum Gasteiger partial charge on any atom is 0.170 e. The third-order valence-electron chi connectivity index (χ3n) is 2.26. The number of hydrogen-bond acceptors (Lipinski definition) is 3. The average molecular weight is 246 g/mol. The van der Waals surface area contributed by atoms with Crippen molar-refractivity contribution in [2.24, 2.45) is 0 Å². The summed E-state index contributed by atoms with van der Waals surface area (Å²) >= 11 is 5.22. The van der Waals surface area contributed by atoms with Crippen LogP contribution in [-0.4, -0.2) is 21.4 Å². The predicted octanol–water partition coefficient (Wildman–Crippen LogP) is 2.32. The van der Waals surface area contributed by atoms with Crippen molar-refractivity contribution in [3.05, 3.63) is 30.6 Å². The van der Waals surface area contributed by atoms with Crippen molar-refractivity contribution in [1.82, 2.24) is 15.5 Å². The number of thiocarbonyl (C=S) groups is 1. The fourth-order valence-electron chi connectivity index (χ4n) is 1.56. The lowest BCUT2D eigenvalue weighted by Gasteiger charge is -2.14. The summed E-state index contributed by atoms with van der Waals surface area (Å²) < 4.78 is 0. The Kier molecular flexibility index (Phi) is 3.49. The van der Waals surface area contributed by atoms with Crippen LogP contribution >= 0.6 is 12.2 Å². The molecule has 0 fully saturated rings. The monoisotopic (exact) mass is 246 g/mol. The van der Waals surface area contributed by atoms with Crippen LogP contribution in [0.25, 0.3) is 10.8 Å². The van der Waals surface area contributed by atoms with Crippen LogP contribution in [0.2, 0.25) is 0 Å². The van der Waals surface area contributed by atoms with E-state index in [1.165, 1.54) is 0 Å². The molecule has 0 unspecified atom stereocenters. The highest BCUT2D eigenvalue weighted by atomic mass is 32.1. The second-order valence-electron chi connectivity index (χ2n) is 4.05. The van der Waals surface area contributed by atoms with Gasteiger partial charge in [-0.25, -0.2) is 0 Å². The van der Waals surface area contributed by atoms with E-state index in [0.717, 1.165) is 16.5 Å². The van der Waals surface area contributed by atoms with Gasteiger partial charge in [0, 0.05) is 22.5 Å². The molecule has 0 saturated carbocycles. The van der Waals surface area contributed by atoms with Gasteiger partial charge in [-0.15, -0.1) is 0 Å². The highest BCUT2D eigenvalue weighted by molar-refractivity contribution is 7.80. The predicted molar refractivity (Wildman–Crippen MR) is 74.0 cm³/mol. The Labute approximate surface area is 105 Å². The van der Waals surface area contributed by atoms with Crippen molar-refractivity contribution in [1.29, 1.82) is 0 Å². The molecule has 0 aliphatic rings. The van der Waals surface area contributed by atoms with Crippen molar-refractivity contribution in [2.45, 2.75) is 19.9 Å². The lowest BCUT2D eigenvalue weighted by molar-refractivity contribution is 0.739. The van der Waals surface area contributed by atoms with Crippen LogP contribution in [0.5, 0.6) is 0 Å². The van der Waals surface area contributed by atoms with Crippen LogP contribution in [-0.2, 0) is 0 Å². The Bertz CT molecular complexity index is 534. The van der Waals surface area contributed by atoms with Crippen LogP contribution in [0.3, 0.4) is 0 Å². The summed E-state index contributed by atoms with van der Waals surface area (Å²) in [7, 11) is 0. The minimum atomic E-state index is 0.310. The van der Waals surface area contributed by atoms with Gasteiger partial charge in [0.2, 0.25) is 0 Å². The number of nitrogens with zero attached hydrogens (tertiary/aromatic N) is 2. The molecule has 5 heteroatoms. The lowest BCUT2D eigenvalue weighted by Crippen LogP contribution is -2.33. The van der Waals surface area contributed by atoms with Gasteiger partial charge < -0.3 is 10.6 Å². The molecule has 0 aliphatic heterocycles. The molecule has 0 amide bonds. The summed E-state index contributed by atoms with van der Waals surface area (Å²) in [6.07, 6.45) is 3.47. The van der Waals surface area contributed by atoms with Gasteiger partial charge in [0.15, 0.2) is 5.11 Å². The summed E-state index contributed by atoms with van der Waals surface area (Å²) in [4.78, 5) is 0. The minimum absolute atomic E-state index is 0.310. The second kappa shape index (κ2) is 5.05. The number of aromatic nitrogens is 2. The van der Waals surface area contributed by atoms with Crippen molar-refractivity contribution >= 4 is 33.8 Å². The normalized spacial score (nSPS) is 10.5. The molecule has 2 aromatic rings. The van der Waals surface area contributed by atoms with Crippen LogP contribution in [0, 0.1) is 0 Å². The maximum atomic E-state index is 5.22. The Morgan fingerprint density at radius 3 is 2.76 bits per heavy atom. The standard InChI is InChI=1S/C12H14N4S/c1-8(2)15-12(17)16-11-5-3-4-9-6-13-14-7-10(9)11/h3-8H,1-2H3,(H2,15,16,17). The first-order chi connectivity index (χ1) is 8.16. The van der Waals surface area contributed by atoms with Gasteiger partial charge in [0.1, 0.15) is 0 Å². The first kappa shape index (κ1) is 11.7. The number of benzene rings is 1. The molecule has 0 atom stereocenters. The third kappa shape index (κ3) is 2.88. The molecule has 0 aliphatic carbocycles. The molecule has 0 radical (unpaired) electrons. The summed E-state index contributed by atoms with van der Waals surface area (Å²) in [6, 6.07) is 6.24. The van der Waals surface area contributed by atoms with E-state index in [4.69, 9.17) is 12.2 Å². The molecule has 0 bridgehead atoms. The summed E-state index contributed by atoms with van der Waals surface area (Å²) in [5, 5.41) is 16.7. The molecule has 1 aromatic carbocycles. The van der Waals surface area contributed by atoms with E-state index < -0.39 is 0 Å². The Morgan fingerprint density at radius 1 is 1.24 bits per heavy atom. The van der Waals surface area contributed by atoms with Gasteiger partial charge in [-0.3, -0.25) is 0 Å². The number of hydrogen-bond donors (Lipinski definition) is 2. The fraction of sp³-hybridized carbons (Fsp3) is 0.250.